The van der Waals surface area contributed by atoms with Gasteiger partial charge >= 0.3 is 22.7 Å². The van der Waals surface area contributed by atoms with Gasteiger partial charge in [0.15, 0.2) is 0 Å². The van der Waals surface area contributed by atoms with Gasteiger partial charge in [-0.3, -0.25) is 24.2 Å². The van der Waals surface area contributed by atoms with E-state index in [-0.39, 0.29) is 29.4 Å². The highest BCUT2D eigenvalue weighted by atomic mass is 35.5. The predicted molar refractivity (Wildman–Crippen MR) is 158 cm³/mol. The van der Waals surface area contributed by atoms with E-state index in [4.69, 9.17) is 9.47 Å². The zero-order chi connectivity index (χ0) is 31.5. The molecule has 4 rings (SSSR count). The van der Waals surface area contributed by atoms with Crippen LogP contribution in [-0.4, -0.2) is 136 Å². The summed E-state index contributed by atoms with van der Waals surface area (Å²) in [7, 11) is 0. The molecular formula is C28H46Cl2N4O8. The largest absolute Gasteiger partial charge is 0.450 e. The third-order valence-electron chi connectivity index (χ3n) is 8.42. The van der Waals surface area contributed by atoms with Crippen molar-refractivity contribution >= 4 is 51.7 Å². The van der Waals surface area contributed by atoms with Crippen LogP contribution in [0, 0.1) is 0 Å². The standard InChI is InChI=1S/C13H24N2O3.C13H22N2O3.C2Cl2O2/c2*1-3-18-12(17)14-9-6-13(2,10-14)15-7-4-11(16)5-8-15;3-1(5)2(4)6/h11,16H,3-10H2,1-2H3;3-10H2,1-2H3;. The van der Waals surface area contributed by atoms with Crippen LogP contribution in [0.1, 0.15) is 66.2 Å². The van der Waals surface area contributed by atoms with Crippen molar-refractivity contribution in [2.45, 2.75) is 83.4 Å². The van der Waals surface area contributed by atoms with E-state index < -0.39 is 10.5 Å². The fourth-order valence-electron chi connectivity index (χ4n) is 5.85. The highest BCUT2D eigenvalue weighted by Crippen LogP contribution is 2.31. The molecular weight excluding hydrogens is 591 g/mol. The number of ketones is 1. The molecule has 0 spiro atoms. The van der Waals surface area contributed by atoms with Crippen molar-refractivity contribution in [3.05, 3.63) is 0 Å². The molecule has 1 N–H and O–H groups in total. The van der Waals surface area contributed by atoms with Crippen molar-refractivity contribution < 1.29 is 38.6 Å². The number of hydrogen-bond acceptors (Lipinski definition) is 10. The van der Waals surface area contributed by atoms with Crippen molar-refractivity contribution in [1.29, 1.82) is 0 Å². The van der Waals surface area contributed by atoms with Crippen LogP contribution in [-0.2, 0) is 23.9 Å². The molecule has 0 aromatic carbocycles. The monoisotopic (exact) mass is 636 g/mol. The Labute approximate surface area is 258 Å². The summed E-state index contributed by atoms with van der Waals surface area (Å²) in [6.07, 6.45) is 4.37. The quantitative estimate of drug-likeness (QED) is 0.354. The lowest BCUT2D eigenvalue weighted by molar-refractivity contribution is -0.127. The van der Waals surface area contributed by atoms with E-state index in [0.717, 1.165) is 71.5 Å². The molecule has 12 nitrogen and oxygen atoms in total. The normalized spacial score (nSPS) is 27.0. The first-order valence-electron chi connectivity index (χ1n) is 14.7. The summed E-state index contributed by atoms with van der Waals surface area (Å²) in [5, 5.41) is 7.27. The number of carbonyl (C=O) groups excluding carboxylic acids is 5. The van der Waals surface area contributed by atoms with Gasteiger partial charge in [0.05, 0.1) is 19.3 Å². The van der Waals surface area contributed by atoms with Gasteiger partial charge in [-0.1, -0.05) is 0 Å². The second-order valence-electron chi connectivity index (χ2n) is 11.5. The Morgan fingerprint density at radius 3 is 1.50 bits per heavy atom. The Morgan fingerprint density at radius 1 is 0.762 bits per heavy atom. The van der Waals surface area contributed by atoms with Crippen LogP contribution in [0.25, 0.3) is 0 Å². The number of hydrogen-bond donors (Lipinski definition) is 1. The molecule has 0 saturated carbocycles. The highest BCUT2D eigenvalue weighted by molar-refractivity contribution is 6.97. The second-order valence-corrected chi connectivity index (χ2v) is 12.2. The zero-order valence-corrected chi connectivity index (χ0v) is 26.8. The molecule has 0 aromatic rings. The molecule has 4 aliphatic heterocycles. The number of Topliss-reactive ketones (excluding diaryl/α,β-unsaturated/α-hetero) is 1. The van der Waals surface area contributed by atoms with E-state index in [9.17, 15) is 29.1 Å². The smallest absolute Gasteiger partial charge is 0.409 e. The Hall–Kier alpha value is -1.99. The van der Waals surface area contributed by atoms with Crippen LogP contribution in [0.15, 0.2) is 0 Å². The predicted octanol–water partition coefficient (Wildman–Crippen LogP) is 2.85. The number of halogens is 2. The Balaban J connectivity index is 0.000000247. The van der Waals surface area contributed by atoms with Crippen molar-refractivity contribution in [3.63, 3.8) is 0 Å². The molecule has 0 aliphatic carbocycles. The lowest BCUT2D eigenvalue weighted by Crippen LogP contribution is -2.52. The SMILES string of the molecule is CCOC(=O)N1CCC(C)(N2CCC(=O)CC2)C1.CCOC(=O)N1CCC(C)(N2CCC(O)CC2)C1.O=C(Cl)C(=O)Cl. The molecule has 0 bridgehead atoms. The van der Waals surface area contributed by atoms with E-state index >= 15 is 0 Å². The lowest BCUT2D eigenvalue weighted by atomic mass is 9.95. The molecule has 4 heterocycles. The average Bonchev–Trinajstić information content (AvgIpc) is 3.55. The number of aliphatic hydroxyl groups is 1. The molecule has 2 unspecified atom stereocenters. The summed E-state index contributed by atoms with van der Waals surface area (Å²) in [6, 6.07) is 0. The third kappa shape index (κ3) is 10.6. The topological polar surface area (TPSA) is 137 Å². The van der Waals surface area contributed by atoms with E-state index in [2.05, 4.69) is 46.8 Å². The van der Waals surface area contributed by atoms with Gasteiger partial charge in [-0.05, 0) is 76.6 Å². The fraction of sp³-hybridized carbons (Fsp3) is 0.821. The van der Waals surface area contributed by atoms with Crippen LogP contribution < -0.4 is 0 Å². The number of amides is 2. The van der Waals surface area contributed by atoms with Crippen molar-refractivity contribution in [2.24, 2.45) is 0 Å². The summed E-state index contributed by atoms with van der Waals surface area (Å²) in [6.45, 7) is 15.4. The first kappa shape index (κ1) is 36.2. The number of carbonyl (C=O) groups is 5. The minimum Gasteiger partial charge on any atom is -0.450 e. The first-order valence-corrected chi connectivity index (χ1v) is 15.4. The van der Waals surface area contributed by atoms with Gasteiger partial charge in [-0.2, -0.15) is 0 Å². The zero-order valence-electron chi connectivity index (χ0n) is 25.2. The number of ether oxygens (including phenoxy) is 2. The molecule has 240 valence electrons. The summed E-state index contributed by atoms with van der Waals surface area (Å²) in [5.41, 5.74) is 0.0559. The number of likely N-dealkylation sites (tertiary alicyclic amines) is 4. The lowest BCUT2D eigenvalue weighted by Gasteiger charge is -2.41. The van der Waals surface area contributed by atoms with Crippen LogP contribution in [0.3, 0.4) is 0 Å². The van der Waals surface area contributed by atoms with Crippen LogP contribution in [0.4, 0.5) is 9.59 Å². The number of aliphatic hydroxyl groups excluding tert-OH is 1. The van der Waals surface area contributed by atoms with Crippen LogP contribution in [0.5, 0.6) is 0 Å². The van der Waals surface area contributed by atoms with Gasteiger partial charge in [-0.15, -0.1) is 0 Å². The molecule has 4 fully saturated rings. The summed E-state index contributed by atoms with van der Waals surface area (Å²) >= 11 is 8.98. The average molecular weight is 638 g/mol. The molecule has 0 radical (unpaired) electrons. The maximum Gasteiger partial charge on any atom is 0.409 e. The maximum absolute atomic E-state index is 11.7. The summed E-state index contributed by atoms with van der Waals surface area (Å²) in [4.78, 5) is 61.9. The van der Waals surface area contributed by atoms with Gasteiger partial charge in [0.25, 0.3) is 0 Å². The highest BCUT2D eigenvalue weighted by Gasteiger charge is 2.43. The summed E-state index contributed by atoms with van der Waals surface area (Å²) < 4.78 is 10.1. The Kier molecular flexibility index (Phi) is 14.4. The van der Waals surface area contributed by atoms with E-state index in [1.807, 2.05) is 13.8 Å². The molecule has 2 amide bonds. The minimum atomic E-state index is -1.14. The maximum atomic E-state index is 11.7. The Morgan fingerprint density at radius 2 is 1.14 bits per heavy atom. The van der Waals surface area contributed by atoms with E-state index in [1.165, 1.54) is 0 Å². The Bertz CT molecular complexity index is 942. The van der Waals surface area contributed by atoms with Crippen LogP contribution >= 0.6 is 23.2 Å². The molecule has 0 aromatic heterocycles. The van der Waals surface area contributed by atoms with E-state index in [1.54, 1.807) is 9.80 Å². The first-order chi connectivity index (χ1) is 19.7. The molecule has 14 heteroatoms. The minimum absolute atomic E-state index is 0.00740. The van der Waals surface area contributed by atoms with Gasteiger partial charge in [-0.25, -0.2) is 9.59 Å². The number of rotatable bonds is 5. The van der Waals surface area contributed by atoms with Gasteiger partial charge in [0.2, 0.25) is 0 Å². The van der Waals surface area contributed by atoms with Crippen LogP contribution in [0.2, 0.25) is 0 Å². The van der Waals surface area contributed by atoms with Crippen molar-refractivity contribution in [3.8, 4) is 0 Å². The molecule has 4 aliphatic rings. The van der Waals surface area contributed by atoms with E-state index in [0.29, 0.717) is 38.4 Å². The summed E-state index contributed by atoms with van der Waals surface area (Å²) in [5.74, 6) is 0.357. The molecule has 42 heavy (non-hydrogen) atoms. The molecule has 2 atom stereocenters. The van der Waals surface area contributed by atoms with Gasteiger partial charge in [0, 0.05) is 76.3 Å². The van der Waals surface area contributed by atoms with Crippen molar-refractivity contribution in [2.75, 3.05) is 65.6 Å². The molecule has 4 saturated heterocycles. The number of nitrogens with zero attached hydrogens (tertiary/aromatic N) is 4. The van der Waals surface area contributed by atoms with Gasteiger partial charge in [0.1, 0.15) is 5.78 Å². The van der Waals surface area contributed by atoms with Gasteiger partial charge < -0.3 is 24.4 Å². The van der Waals surface area contributed by atoms with Crippen molar-refractivity contribution in [1.82, 2.24) is 19.6 Å². The third-order valence-corrected chi connectivity index (χ3v) is 8.86. The number of piperidine rings is 2. The fourth-order valence-corrected chi connectivity index (χ4v) is 5.85. The second kappa shape index (κ2) is 16.7.